The smallest absolute Gasteiger partial charge is 0.133 e. The summed E-state index contributed by atoms with van der Waals surface area (Å²) < 4.78 is 31.4. The summed E-state index contributed by atoms with van der Waals surface area (Å²) in [5, 5.41) is 0. The van der Waals surface area contributed by atoms with Gasteiger partial charge in [-0.3, -0.25) is 0 Å². The van der Waals surface area contributed by atoms with Crippen molar-refractivity contribution < 1.29 is 13.5 Å². The zero-order valence-electron chi connectivity index (χ0n) is 7.81. The van der Waals surface area contributed by atoms with E-state index in [0.29, 0.717) is 17.9 Å². The van der Waals surface area contributed by atoms with Crippen LogP contribution in [0.25, 0.3) is 0 Å². The van der Waals surface area contributed by atoms with Crippen LogP contribution in [0.4, 0.5) is 8.78 Å². The van der Waals surface area contributed by atoms with Crippen molar-refractivity contribution >= 4 is 0 Å². The molecule has 0 amide bonds. The molecular weight excluding hydrogens is 186 g/mol. The largest absolute Gasteiger partial charge is 0.492 e. The molecule has 1 aromatic carbocycles. The Morgan fingerprint density at radius 3 is 2.86 bits per heavy atom. The average Bonchev–Trinajstić information content (AvgIpc) is 2.47. The van der Waals surface area contributed by atoms with Crippen LogP contribution < -0.4 is 4.74 Å². The number of ether oxygens (including phenoxy) is 1. The molecule has 1 heterocycles. The van der Waals surface area contributed by atoms with E-state index in [-0.39, 0.29) is 5.92 Å². The van der Waals surface area contributed by atoms with Crippen LogP contribution in [0.2, 0.25) is 0 Å². The quantitative estimate of drug-likeness (QED) is 0.627. The van der Waals surface area contributed by atoms with Gasteiger partial charge in [0.25, 0.3) is 0 Å². The second kappa shape index (κ2) is 3.08. The van der Waals surface area contributed by atoms with Crippen molar-refractivity contribution in [3.8, 4) is 5.75 Å². The van der Waals surface area contributed by atoms with Gasteiger partial charge in [0.1, 0.15) is 17.4 Å². The van der Waals surface area contributed by atoms with E-state index in [1.165, 1.54) is 6.07 Å². The Bertz CT molecular complexity index is 399. The van der Waals surface area contributed by atoms with Crippen LogP contribution >= 0.6 is 0 Å². The van der Waals surface area contributed by atoms with E-state index >= 15 is 0 Å². The normalized spacial score (nSPS) is 18.9. The third-order valence-corrected chi connectivity index (χ3v) is 2.41. The van der Waals surface area contributed by atoms with Gasteiger partial charge in [-0.05, 0) is 6.92 Å². The van der Waals surface area contributed by atoms with Crippen molar-refractivity contribution in [1.29, 1.82) is 0 Å². The van der Waals surface area contributed by atoms with Gasteiger partial charge in [-0.15, -0.1) is 0 Å². The van der Waals surface area contributed by atoms with Gasteiger partial charge in [-0.25, -0.2) is 8.78 Å². The Morgan fingerprint density at radius 2 is 2.21 bits per heavy atom. The Balaban J connectivity index is 2.54. The molecule has 1 aliphatic rings. The lowest BCUT2D eigenvalue weighted by atomic mass is 9.95. The summed E-state index contributed by atoms with van der Waals surface area (Å²) in [5.41, 5.74) is 1.26. The third kappa shape index (κ3) is 1.29. The highest BCUT2D eigenvalue weighted by molar-refractivity contribution is 5.44. The van der Waals surface area contributed by atoms with Crippen molar-refractivity contribution in [2.45, 2.75) is 12.8 Å². The van der Waals surface area contributed by atoms with Crippen LogP contribution in [0.1, 0.15) is 18.4 Å². The number of benzene rings is 1. The molecule has 0 saturated heterocycles. The summed E-state index contributed by atoms with van der Waals surface area (Å²) >= 11 is 0. The highest BCUT2D eigenvalue weighted by Gasteiger charge is 2.28. The van der Waals surface area contributed by atoms with E-state index < -0.39 is 11.6 Å². The Kier molecular flexibility index (Phi) is 2.02. The van der Waals surface area contributed by atoms with Gasteiger partial charge < -0.3 is 4.74 Å². The van der Waals surface area contributed by atoms with Crippen LogP contribution in [0, 0.1) is 11.6 Å². The number of hydrogen-bond donors (Lipinski definition) is 0. The zero-order valence-corrected chi connectivity index (χ0v) is 7.81. The second-order valence-corrected chi connectivity index (χ2v) is 3.51. The molecule has 1 aliphatic heterocycles. The lowest BCUT2D eigenvalue weighted by Gasteiger charge is -2.08. The van der Waals surface area contributed by atoms with Gasteiger partial charge in [0.05, 0.1) is 6.61 Å². The standard InChI is InChI=1S/C11H10F2O/c1-6(2)8-5-14-10-4-7(12)3-9(13)11(8)10/h3-4,8H,1,5H2,2H3. The lowest BCUT2D eigenvalue weighted by molar-refractivity contribution is 0.340. The van der Waals surface area contributed by atoms with E-state index in [9.17, 15) is 8.78 Å². The van der Waals surface area contributed by atoms with Gasteiger partial charge in [0.15, 0.2) is 0 Å². The summed E-state index contributed by atoms with van der Waals surface area (Å²) in [5.74, 6) is -1.00. The first-order valence-corrected chi connectivity index (χ1v) is 4.36. The Morgan fingerprint density at radius 1 is 1.50 bits per heavy atom. The monoisotopic (exact) mass is 196 g/mol. The van der Waals surface area contributed by atoms with Crippen molar-refractivity contribution in [3.63, 3.8) is 0 Å². The maximum Gasteiger partial charge on any atom is 0.133 e. The summed E-state index contributed by atoms with van der Waals surface area (Å²) in [7, 11) is 0. The minimum atomic E-state index is -0.608. The predicted molar refractivity (Wildman–Crippen MR) is 49.4 cm³/mol. The maximum atomic E-state index is 13.4. The molecule has 0 N–H and O–H groups in total. The van der Waals surface area contributed by atoms with Crippen LogP contribution in [0.5, 0.6) is 5.75 Å². The van der Waals surface area contributed by atoms with E-state index in [0.717, 1.165) is 11.6 Å². The molecule has 0 aromatic heterocycles. The number of rotatable bonds is 1. The first-order valence-electron chi connectivity index (χ1n) is 4.36. The van der Waals surface area contributed by atoms with Crippen LogP contribution in [0.3, 0.4) is 0 Å². The zero-order chi connectivity index (χ0) is 10.3. The second-order valence-electron chi connectivity index (χ2n) is 3.51. The molecular formula is C11H10F2O. The third-order valence-electron chi connectivity index (χ3n) is 2.41. The minimum absolute atomic E-state index is 0.148. The number of halogens is 2. The fourth-order valence-electron chi connectivity index (χ4n) is 1.66. The average molecular weight is 196 g/mol. The van der Waals surface area contributed by atoms with Crippen LogP contribution in [-0.2, 0) is 0 Å². The molecule has 1 unspecified atom stereocenters. The van der Waals surface area contributed by atoms with Crippen molar-refractivity contribution in [3.05, 3.63) is 41.5 Å². The SMILES string of the molecule is C=C(C)C1COc2cc(F)cc(F)c21. The van der Waals surface area contributed by atoms with Crippen molar-refractivity contribution in [2.24, 2.45) is 0 Å². The highest BCUT2D eigenvalue weighted by Crippen LogP contribution is 2.39. The molecule has 0 radical (unpaired) electrons. The fourth-order valence-corrected chi connectivity index (χ4v) is 1.66. The lowest BCUT2D eigenvalue weighted by Crippen LogP contribution is -2.02. The predicted octanol–water partition coefficient (Wildman–Crippen LogP) is 3.02. The molecule has 1 nitrogen and oxygen atoms in total. The molecule has 2 rings (SSSR count). The highest BCUT2D eigenvalue weighted by atomic mass is 19.1. The van der Waals surface area contributed by atoms with Gasteiger partial charge in [0, 0.05) is 23.6 Å². The molecule has 0 spiro atoms. The van der Waals surface area contributed by atoms with Gasteiger partial charge in [0.2, 0.25) is 0 Å². The van der Waals surface area contributed by atoms with Gasteiger partial charge in [-0.1, -0.05) is 12.2 Å². The van der Waals surface area contributed by atoms with Crippen LogP contribution in [0.15, 0.2) is 24.3 Å². The Labute approximate surface area is 81.0 Å². The Hall–Kier alpha value is -1.38. The molecule has 1 aromatic rings. The van der Waals surface area contributed by atoms with E-state index in [2.05, 4.69) is 6.58 Å². The summed E-state index contributed by atoms with van der Waals surface area (Å²) in [6.07, 6.45) is 0. The molecule has 0 fully saturated rings. The molecule has 0 saturated carbocycles. The maximum absolute atomic E-state index is 13.4. The fraction of sp³-hybridized carbons (Fsp3) is 0.273. The van der Waals surface area contributed by atoms with E-state index in [4.69, 9.17) is 4.74 Å². The summed E-state index contributed by atoms with van der Waals surface area (Å²) in [4.78, 5) is 0. The summed E-state index contributed by atoms with van der Waals surface area (Å²) in [6, 6.07) is 2.09. The van der Waals surface area contributed by atoms with Crippen LogP contribution in [-0.4, -0.2) is 6.61 Å². The van der Waals surface area contributed by atoms with Crippen molar-refractivity contribution in [2.75, 3.05) is 6.61 Å². The molecule has 3 heteroatoms. The molecule has 0 bridgehead atoms. The first kappa shape index (κ1) is 9.19. The number of hydrogen-bond acceptors (Lipinski definition) is 1. The van der Waals surface area contributed by atoms with Crippen molar-refractivity contribution in [1.82, 2.24) is 0 Å². The molecule has 74 valence electrons. The summed E-state index contributed by atoms with van der Waals surface area (Å²) in [6.45, 7) is 5.92. The van der Waals surface area contributed by atoms with E-state index in [1.807, 2.05) is 6.92 Å². The minimum Gasteiger partial charge on any atom is -0.492 e. The molecule has 0 aliphatic carbocycles. The topological polar surface area (TPSA) is 9.23 Å². The van der Waals surface area contributed by atoms with Gasteiger partial charge in [-0.2, -0.15) is 0 Å². The van der Waals surface area contributed by atoms with E-state index in [1.54, 1.807) is 0 Å². The number of fused-ring (bicyclic) bond motifs is 1. The molecule has 14 heavy (non-hydrogen) atoms. The molecule has 1 atom stereocenters. The van der Waals surface area contributed by atoms with Gasteiger partial charge >= 0.3 is 0 Å². The first-order chi connectivity index (χ1) is 6.59.